The van der Waals surface area contributed by atoms with E-state index in [9.17, 15) is 4.79 Å². The first kappa shape index (κ1) is 16.5. The lowest BCUT2D eigenvalue weighted by atomic mass is 9.75. The zero-order valence-corrected chi connectivity index (χ0v) is 14.8. The van der Waals surface area contributed by atoms with E-state index in [0.717, 1.165) is 41.6 Å². The number of rotatable bonds is 3. The van der Waals surface area contributed by atoms with Gasteiger partial charge in [0, 0.05) is 5.41 Å². The molecule has 0 spiro atoms. The number of fused-ring (bicyclic) bond motifs is 1. The number of primary amides is 1. The molecule has 3 rings (SSSR count). The molecule has 1 aliphatic rings. The molecule has 0 aliphatic heterocycles. The Hall–Kier alpha value is -2.36. The lowest BCUT2D eigenvalue weighted by molar-refractivity contribution is 0.0997. The molecular weight excluding hydrogens is 300 g/mol. The van der Waals surface area contributed by atoms with Crippen molar-refractivity contribution in [2.75, 3.05) is 0 Å². The van der Waals surface area contributed by atoms with Crippen molar-refractivity contribution in [3.05, 3.63) is 52.2 Å². The molecule has 1 aromatic heterocycles. The molecule has 0 saturated heterocycles. The standard InChI is InChI=1S/C20H24N2O2/c1-12-7-8-16(13(2)10-12)24-19-15(18(21)23)11-14-6-5-9-20(3,4)17(14)22-19/h7-8,10-11H,5-6,9H2,1-4H3,(H2,21,23). The lowest BCUT2D eigenvalue weighted by Gasteiger charge is -2.31. The Labute approximate surface area is 143 Å². The molecule has 4 heteroatoms. The van der Waals surface area contributed by atoms with E-state index in [0.29, 0.717) is 17.2 Å². The van der Waals surface area contributed by atoms with Gasteiger partial charge in [0.25, 0.3) is 5.91 Å². The van der Waals surface area contributed by atoms with E-state index in [4.69, 9.17) is 15.5 Å². The number of carbonyl (C=O) groups is 1. The van der Waals surface area contributed by atoms with E-state index >= 15 is 0 Å². The van der Waals surface area contributed by atoms with Gasteiger partial charge < -0.3 is 10.5 Å². The summed E-state index contributed by atoms with van der Waals surface area (Å²) in [7, 11) is 0. The van der Waals surface area contributed by atoms with Gasteiger partial charge in [-0.3, -0.25) is 4.79 Å². The van der Waals surface area contributed by atoms with Crippen LogP contribution in [0.5, 0.6) is 11.6 Å². The predicted molar refractivity (Wildman–Crippen MR) is 94.7 cm³/mol. The predicted octanol–water partition coefficient (Wildman–Crippen LogP) is 4.20. The van der Waals surface area contributed by atoms with Gasteiger partial charge in [-0.2, -0.15) is 0 Å². The molecule has 0 saturated carbocycles. The van der Waals surface area contributed by atoms with Gasteiger partial charge in [-0.05, 0) is 56.4 Å². The van der Waals surface area contributed by atoms with E-state index in [1.165, 1.54) is 0 Å². The summed E-state index contributed by atoms with van der Waals surface area (Å²) in [6.45, 7) is 8.38. The van der Waals surface area contributed by atoms with Crippen molar-refractivity contribution in [1.82, 2.24) is 4.98 Å². The summed E-state index contributed by atoms with van der Waals surface area (Å²) in [5.74, 6) is 0.501. The molecule has 0 radical (unpaired) electrons. The SMILES string of the molecule is Cc1ccc(Oc2nc3c(cc2C(N)=O)CCCC3(C)C)c(C)c1. The minimum Gasteiger partial charge on any atom is -0.438 e. The van der Waals surface area contributed by atoms with Crippen LogP contribution >= 0.6 is 0 Å². The maximum atomic E-state index is 11.9. The molecule has 0 unspecified atom stereocenters. The zero-order chi connectivity index (χ0) is 17.5. The van der Waals surface area contributed by atoms with Gasteiger partial charge in [0.1, 0.15) is 11.3 Å². The first-order valence-corrected chi connectivity index (χ1v) is 8.37. The highest BCUT2D eigenvalue weighted by Gasteiger charge is 2.31. The number of benzene rings is 1. The quantitative estimate of drug-likeness (QED) is 0.920. The van der Waals surface area contributed by atoms with Gasteiger partial charge in [-0.25, -0.2) is 4.98 Å². The summed E-state index contributed by atoms with van der Waals surface area (Å²) in [6.07, 6.45) is 3.10. The second-order valence-electron chi connectivity index (χ2n) is 7.32. The third-order valence-corrected chi connectivity index (χ3v) is 4.76. The number of ether oxygens (including phenoxy) is 1. The summed E-state index contributed by atoms with van der Waals surface area (Å²) in [5, 5.41) is 0. The second-order valence-corrected chi connectivity index (χ2v) is 7.32. The molecule has 0 fully saturated rings. The van der Waals surface area contributed by atoms with Gasteiger partial charge in [0.05, 0.1) is 5.69 Å². The number of hydrogen-bond acceptors (Lipinski definition) is 3. The minimum absolute atomic E-state index is 0.0236. The van der Waals surface area contributed by atoms with Crippen molar-refractivity contribution in [1.29, 1.82) is 0 Å². The topological polar surface area (TPSA) is 65.2 Å². The van der Waals surface area contributed by atoms with Crippen LogP contribution in [-0.2, 0) is 11.8 Å². The number of pyridine rings is 1. The fourth-order valence-corrected chi connectivity index (χ4v) is 3.43. The number of nitrogens with zero attached hydrogens (tertiary/aromatic N) is 1. The number of aromatic nitrogens is 1. The molecule has 1 amide bonds. The maximum absolute atomic E-state index is 11.9. The fraction of sp³-hybridized carbons (Fsp3) is 0.400. The number of amides is 1. The average Bonchev–Trinajstić information content (AvgIpc) is 2.49. The van der Waals surface area contributed by atoms with Gasteiger partial charge in [-0.15, -0.1) is 0 Å². The Morgan fingerprint density at radius 3 is 2.67 bits per heavy atom. The van der Waals surface area contributed by atoms with E-state index in [-0.39, 0.29) is 5.41 Å². The number of hydrogen-bond donors (Lipinski definition) is 1. The van der Waals surface area contributed by atoms with Crippen LogP contribution in [0.15, 0.2) is 24.3 Å². The molecule has 1 aliphatic carbocycles. The van der Waals surface area contributed by atoms with Crippen molar-refractivity contribution in [3.63, 3.8) is 0 Å². The van der Waals surface area contributed by atoms with E-state index in [1.54, 1.807) is 0 Å². The Bertz CT molecular complexity index is 810. The highest BCUT2D eigenvalue weighted by atomic mass is 16.5. The normalized spacial score (nSPS) is 15.7. The summed E-state index contributed by atoms with van der Waals surface area (Å²) in [4.78, 5) is 16.6. The number of nitrogens with two attached hydrogens (primary N) is 1. The van der Waals surface area contributed by atoms with Gasteiger partial charge in [-0.1, -0.05) is 31.5 Å². The molecule has 0 bridgehead atoms. The third-order valence-electron chi connectivity index (χ3n) is 4.76. The molecule has 2 N–H and O–H groups in total. The van der Waals surface area contributed by atoms with Crippen LogP contribution < -0.4 is 10.5 Å². The molecule has 126 valence electrons. The highest BCUT2D eigenvalue weighted by molar-refractivity contribution is 5.95. The van der Waals surface area contributed by atoms with Crippen LogP contribution in [0.3, 0.4) is 0 Å². The molecule has 1 heterocycles. The first-order valence-electron chi connectivity index (χ1n) is 8.37. The summed E-state index contributed by atoms with van der Waals surface area (Å²) in [6, 6.07) is 7.79. The smallest absolute Gasteiger partial charge is 0.254 e. The maximum Gasteiger partial charge on any atom is 0.254 e. The van der Waals surface area contributed by atoms with Crippen LogP contribution in [0, 0.1) is 13.8 Å². The molecule has 4 nitrogen and oxygen atoms in total. The average molecular weight is 324 g/mol. The second kappa shape index (κ2) is 5.93. The molecule has 0 atom stereocenters. The van der Waals surface area contributed by atoms with Crippen LogP contribution in [-0.4, -0.2) is 10.9 Å². The van der Waals surface area contributed by atoms with Crippen LogP contribution in [0.4, 0.5) is 0 Å². The third kappa shape index (κ3) is 3.01. The van der Waals surface area contributed by atoms with Crippen molar-refractivity contribution >= 4 is 5.91 Å². The van der Waals surface area contributed by atoms with E-state index < -0.39 is 5.91 Å². The van der Waals surface area contributed by atoms with Crippen LogP contribution in [0.2, 0.25) is 0 Å². The highest BCUT2D eigenvalue weighted by Crippen LogP contribution is 2.38. The van der Waals surface area contributed by atoms with Gasteiger partial charge >= 0.3 is 0 Å². The first-order chi connectivity index (χ1) is 11.3. The van der Waals surface area contributed by atoms with Crippen molar-refractivity contribution in [2.24, 2.45) is 5.73 Å². The van der Waals surface area contributed by atoms with E-state index in [2.05, 4.69) is 13.8 Å². The van der Waals surface area contributed by atoms with Gasteiger partial charge in [0.15, 0.2) is 0 Å². The Balaban J connectivity index is 2.10. The summed E-state index contributed by atoms with van der Waals surface area (Å²) < 4.78 is 6.00. The Morgan fingerprint density at radius 1 is 1.25 bits per heavy atom. The fourth-order valence-electron chi connectivity index (χ4n) is 3.43. The van der Waals surface area contributed by atoms with E-state index in [1.807, 2.05) is 38.1 Å². The molecule has 2 aromatic rings. The molecule has 24 heavy (non-hydrogen) atoms. The van der Waals surface area contributed by atoms with Crippen molar-refractivity contribution in [3.8, 4) is 11.6 Å². The minimum atomic E-state index is -0.506. The van der Waals surface area contributed by atoms with Crippen molar-refractivity contribution < 1.29 is 9.53 Å². The molecule has 1 aromatic carbocycles. The number of carbonyl (C=O) groups excluding carboxylic acids is 1. The monoisotopic (exact) mass is 324 g/mol. The summed E-state index contributed by atoms with van der Waals surface area (Å²) in [5.41, 5.74) is 10.2. The van der Waals surface area contributed by atoms with Crippen LogP contribution in [0.25, 0.3) is 0 Å². The van der Waals surface area contributed by atoms with Crippen LogP contribution in [0.1, 0.15) is 59.4 Å². The van der Waals surface area contributed by atoms with Gasteiger partial charge in [0.2, 0.25) is 5.88 Å². The Kier molecular flexibility index (Phi) is 4.08. The Morgan fingerprint density at radius 2 is 2.00 bits per heavy atom. The summed E-state index contributed by atoms with van der Waals surface area (Å²) >= 11 is 0. The lowest BCUT2D eigenvalue weighted by Crippen LogP contribution is -2.27. The van der Waals surface area contributed by atoms with Crippen molar-refractivity contribution in [2.45, 2.75) is 52.4 Å². The largest absolute Gasteiger partial charge is 0.438 e. The molecular formula is C20H24N2O2. The zero-order valence-electron chi connectivity index (χ0n) is 14.8. The number of aryl methyl sites for hydroxylation is 3.